The van der Waals surface area contributed by atoms with Crippen molar-refractivity contribution >= 4 is 35.3 Å². The Balaban J connectivity index is 1.50. The van der Waals surface area contributed by atoms with E-state index in [1.165, 1.54) is 11.8 Å². The number of urea groups is 1. The highest BCUT2D eigenvalue weighted by molar-refractivity contribution is 7.99. The molecule has 3 amide bonds. The molecule has 7 nitrogen and oxygen atoms in total. The monoisotopic (exact) mass is 441 g/mol. The van der Waals surface area contributed by atoms with Crippen LogP contribution in [0.1, 0.15) is 18.4 Å². The first-order valence-corrected chi connectivity index (χ1v) is 10.9. The number of imide groups is 1. The largest absolute Gasteiger partial charge is 0.335 e. The zero-order valence-electron chi connectivity index (χ0n) is 16.0. The van der Waals surface area contributed by atoms with Crippen LogP contribution in [-0.4, -0.2) is 38.5 Å². The van der Waals surface area contributed by atoms with Gasteiger partial charge in [-0.3, -0.25) is 14.7 Å². The topological polar surface area (TPSA) is 88.9 Å². The molecule has 0 saturated heterocycles. The molecule has 9 heteroatoms. The molecule has 0 aliphatic heterocycles. The van der Waals surface area contributed by atoms with E-state index in [0.717, 1.165) is 24.0 Å². The van der Waals surface area contributed by atoms with Gasteiger partial charge in [0.15, 0.2) is 11.0 Å². The van der Waals surface area contributed by atoms with E-state index in [4.69, 9.17) is 11.6 Å². The zero-order chi connectivity index (χ0) is 20.9. The minimum Gasteiger partial charge on any atom is -0.335 e. The van der Waals surface area contributed by atoms with E-state index in [1.807, 2.05) is 47.0 Å². The van der Waals surface area contributed by atoms with Crippen LogP contribution in [0, 0.1) is 0 Å². The van der Waals surface area contributed by atoms with E-state index >= 15 is 0 Å². The number of amides is 3. The molecule has 0 radical (unpaired) electrons. The average Bonchev–Trinajstić information content (AvgIpc) is 3.46. The molecule has 0 bridgehead atoms. The number of thioether (sulfide) groups is 1. The molecule has 3 aromatic rings. The molecule has 1 aliphatic rings. The van der Waals surface area contributed by atoms with Gasteiger partial charge in [-0.15, -0.1) is 10.2 Å². The molecule has 4 rings (SSSR count). The molecule has 2 N–H and O–H groups in total. The lowest BCUT2D eigenvalue weighted by Gasteiger charge is -2.11. The van der Waals surface area contributed by atoms with Crippen molar-refractivity contribution in [3.63, 3.8) is 0 Å². The van der Waals surface area contributed by atoms with E-state index in [0.29, 0.717) is 22.5 Å². The number of hydrogen-bond acceptors (Lipinski definition) is 5. The lowest BCUT2D eigenvalue weighted by molar-refractivity contribution is -0.117. The van der Waals surface area contributed by atoms with Gasteiger partial charge in [0.1, 0.15) is 0 Å². The van der Waals surface area contributed by atoms with Crippen molar-refractivity contribution in [1.29, 1.82) is 0 Å². The van der Waals surface area contributed by atoms with Crippen molar-refractivity contribution in [2.45, 2.75) is 30.6 Å². The third-order valence-corrected chi connectivity index (χ3v) is 5.72. The Morgan fingerprint density at radius 2 is 1.80 bits per heavy atom. The highest BCUT2D eigenvalue weighted by Gasteiger charge is 2.24. The van der Waals surface area contributed by atoms with E-state index < -0.39 is 6.03 Å². The Morgan fingerprint density at radius 1 is 1.07 bits per heavy atom. The summed E-state index contributed by atoms with van der Waals surface area (Å²) in [6, 6.07) is 17.1. The van der Waals surface area contributed by atoms with Crippen molar-refractivity contribution in [3.8, 4) is 11.4 Å². The molecule has 1 aromatic heterocycles. The first-order valence-electron chi connectivity index (χ1n) is 9.55. The van der Waals surface area contributed by atoms with Crippen LogP contribution in [0.25, 0.3) is 11.4 Å². The minimum absolute atomic E-state index is 0.0611. The Bertz CT molecular complexity index is 1040. The van der Waals surface area contributed by atoms with Crippen LogP contribution in [0.15, 0.2) is 59.8 Å². The van der Waals surface area contributed by atoms with E-state index in [1.54, 1.807) is 12.1 Å². The van der Waals surface area contributed by atoms with Gasteiger partial charge in [0, 0.05) is 16.6 Å². The smallest absolute Gasteiger partial charge is 0.321 e. The summed E-state index contributed by atoms with van der Waals surface area (Å²) in [4.78, 5) is 23.9. The van der Waals surface area contributed by atoms with Gasteiger partial charge in [-0.2, -0.15) is 0 Å². The maximum Gasteiger partial charge on any atom is 0.321 e. The van der Waals surface area contributed by atoms with Crippen molar-refractivity contribution in [2.24, 2.45) is 0 Å². The fraction of sp³-hybridized carbons (Fsp3) is 0.238. The number of nitrogens with one attached hydrogen (secondary N) is 2. The molecule has 1 fully saturated rings. The molecule has 0 spiro atoms. The maximum atomic E-state index is 12.1. The van der Waals surface area contributed by atoms with Crippen molar-refractivity contribution < 1.29 is 9.59 Å². The molecular formula is C21H20ClN5O2S. The third kappa shape index (κ3) is 5.40. The number of aromatic nitrogens is 3. The summed E-state index contributed by atoms with van der Waals surface area (Å²) in [5.74, 6) is 0.372. The lowest BCUT2D eigenvalue weighted by Crippen LogP contribution is -2.41. The summed E-state index contributed by atoms with van der Waals surface area (Å²) < 4.78 is 1.96. The van der Waals surface area contributed by atoms with Gasteiger partial charge in [-0.05, 0) is 42.7 Å². The van der Waals surface area contributed by atoms with Crippen LogP contribution < -0.4 is 10.6 Å². The SMILES string of the molecule is O=C(CSc1nnc(-c2ccc(Cl)cc2)n1Cc1ccccc1)NC(=O)NC1CC1. The second-order valence-electron chi connectivity index (χ2n) is 6.97. The summed E-state index contributed by atoms with van der Waals surface area (Å²) >= 11 is 7.25. The van der Waals surface area contributed by atoms with Gasteiger partial charge >= 0.3 is 6.03 Å². The van der Waals surface area contributed by atoms with Gasteiger partial charge in [0.2, 0.25) is 5.91 Å². The second-order valence-corrected chi connectivity index (χ2v) is 8.35. The predicted molar refractivity (Wildman–Crippen MR) is 116 cm³/mol. The van der Waals surface area contributed by atoms with E-state index in [-0.39, 0.29) is 17.7 Å². The van der Waals surface area contributed by atoms with Crippen molar-refractivity contribution in [1.82, 2.24) is 25.4 Å². The summed E-state index contributed by atoms with van der Waals surface area (Å²) in [5, 5.41) is 14.9. The number of halogens is 1. The number of carbonyl (C=O) groups is 2. The summed E-state index contributed by atoms with van der Waals surface area (Å²) in [6.45, 7) is 0.553. The van der Waals surface area contributed by atoms with Gasteiger partial charge in [0.05, 0.1) is 12.3 Å². The molecular weight excluding hydrogens is 422 g/mol. The molecule has 1 saturated carbocycles. The van der Waals surface area contributed by atoms with Crippen LogP contribution >= 0.6 is 23.4 Å². The van der Waals surface area contributed by atoms with Gasteiger partial charge in [-0.25, -0.2) is 4.79 Å². The van der Waals surface area contributed by atoms with Gasteiger partial charge in [0.25, 0.3) is 0 Å². The molecule has 0 atom stereocenters. The Labute approximate surface area is 183 Å². The molecule has 154 valence electrons. The fourth-order valence-corrected chi connectivity index (χ4v) is 3.72. The van der Waals surface area contributed by atoms with Crippen LogP contribution in [0.4, 0.5) is 4.79 Å². The molecule has 1 aliphatic carbocycles. The molecule has 2 aromatic carbocycles. The number of benzene rings is 2. The maximum absolute atomic E-state index is 12.1. The van der Waals surface area contributed by atoms with Gasteiger partial charge < -0.3 is 5.32 Å². The lowest BCUT2D eigenvalue weighted by atomic mass is 10.2. The Kier molecular flexibility index (Phi) is 6.35. The first-order chi connectivity index (χ1) is 14.6. The number of rotatable bonds is 7. The average molecular weight is 442 g/mol. The highest BCUT2D eigenvalue weighted by atomic mass is 35.5. The van der Waals surface area contributed by atoms with Crippen LogP contribution in [0.2, 0.25) is 5.02 Å². The third-order valence-electron chi connectivity index (χ3n) is 4.50. The number of carbonyl (C=O) groups excluding carboxylic acids is 2. The van der Waals surface area contributed by atoms with E-state index in [9.17, 15) is 9.59 Å². The number of hydrogen-bond donors (Lipinski definition) is 2. The first kappa shape index (κ1) is 20.4. The van der Waals surface area contributed by atoms with Crippen molar-refractivity contribution in [3.05, 3.63) is 65.2 Å². The normalized spacial score (nSPS) is 13.1. The highest BCUT2D eigenvalue weighted by Crippen LogP contribution is 2.26. The fourth-order valence-electron chi connectivity index (χ4n) is 2.86. The van der Waals surface area contributed by atoms with Crippen molar-refractivity contribution in [2.75, 3.05) is 5.75 Å². The van der Waals surface area contributed by atoms with Crippen LogP contribution in [0.5, 0.6) is 0 Å². The van der Waals surface area contributed by atoms with Gasteiger partial charge in [-0.1, -0.05) is 53.7 Å². The summed E-state index contributed by atoms with van der Waals surface area (Å²) in [5.41, 5.74) is 1.96. The summed E-state index contributed by atoms with van der Waals surface area (Å²) in [6.07, 6.45) is 1.93. The van der Waals surface area contributed by atoms with E-state index in [2.05, 4.69) is 20.8 Å². The molecule has 1 heterocycles. The predicted octanol–water partition coefficient (Wildman–Crippen LogP) is 3.73. The Morgan fingerprint density at radius 3 is 2.50 bits per heavy atom. The van der Waals surface area contributed by atoms with Crippen LogP contribution in [0.3, 0.4) is 0 Å². The summed E-state index contributed by atoms with van der Waals surface area (Å²) in [7, 11) is 0. The quantitative estimate of drug-likeness (QED) is 0.545. The second kappa shape index (κ2) is 9.32. The standard InChI is InChI=1S/C21H20ClN5O2S/c22-16-8-6-15(7-9-16)19-25-26-21(27(19)12-14-4-2-1-3-5-14)30-13-18(28)24-20(29)23-17-10-11-17/h1-9,17H,10-13H2,(H2,23,24,28,29). The molecule has 30 heavy (non-hydrogen) atoms. The Hall–Kier alpha value is -2.84. The molecule has 0 unspecified atom stereocenters. The number of nitrogens with zero attached hydrogens (tertiary/aromatic N) is 3. The van der Waals surface area contributed by atoms with Crippen LogP contribution in [-0.2, 0) is 11.3 Å². The zero-order valence-corrected chi connectivity index (χ0v) is 17.6. The minimum atomic E-state index is -0.448.